The number of carbonyl (C=O) groups is 1. The van der Waals surface area contributed by atoms with E-state index in [1.807, 2.05) is 0 Å². The zero-order valence-electron chi connectivity index (χ0n) is 12.0. The number of sulfonamides is 1. The van der Waals surface area contributed by atoms with Crippen LogP contribution in [0.15, 0.2) is 29.2 Å². The second-order valence-corrected chi connectivity index (χ2v) is 6.62. The van der Waals surface area contributed by atoms with Crippen molar-refractivity contribution in [3.63, 3.8) is 0 Å². The third-order valence-corrected chi connectivity index (χ3v) is 4.56. The van der Waals surface area contributed by atoms with Gasteiger partial charge in [-0.1, -0.05) is 6.92 Å². The predicted molar refractivity (Wildman–Crippen MR) is 78.2 cm³/mol. The molecule has 0 aromatic heterocycles. The lowest BCUT2D eigenvalue weighted by Crippen LogP contribution is -2.39. The van der Waals surface area contributed by atoms with Crippen molar-refractivity contribution in [1.29, 1.82) is 0 Å². The van der Waals surface area contributed by atoms with Crippen LogP contribution in [0.1, 0.15) is 13.8 Å². The maximum Gasteiger partial charge on any atom is 0.240 e. The van der Waals surface area contributed by atoms with E-state index in [0.29, 0.717) is 5.69 Å². The van der Waals surface area contributed by atoms with Gasteiger partial charge in [0, 0.05) is 12.2 Å². The zero-order valence-corrected chi connectivity index (χ0v) is 12.8. The molecule has 0 spiro atoms. The van der Waals surface area contributed by atoms with Crippen LogP contribution in [0.2, 0.25) is 0 Å². The first-order valence-corrected chi connectivity index (χ1v) is 7.90. The maximum absolute atomic E-state index is 11.9. The Morgan fingerprint density at radius 3 is 2.14 bits per heavy atom. The molecule has 7 nitrogen and oxygen atoms in total. The van der Waals surface area contributed by atoms with E-state index in [0.717, 1.165) is 0 Å². The topological polar surface area (TPSA) is 116 Å². The summed E-state index contributed by atoms with van der Waals surface area (Å²) in [5.74, 6) is -0.546. The van der Waals surface area contributed by atoms with E-state index in [9.17, 15) is 13.2 Å². The van der Waals surface area contributed by atoms with E-state index in [2.05, 4.69) is 10.0 Å². The Kier molecular flexibility index (Phi) is 5.85. The molecule has 1 rings (SSSR count). The van der Waals surface area contributed by atoms with E-state index < -0.39 is 34.6 Å². The van der Waals surface area contributed by atoms with E-state index in [-0.39, 0.29) is 11.4 Å². The molecule has 4 N–H and O–H groups in total. The number of benzene rings is 1. The fourth-order valence-corrected chi connectivity index (χ4v) is 2.51. The third kappa shape index (κ3) is 4.24. The van der Waals surface area contributed by atoms with Gasteiger partial charge in [0.2, 0.25) is 15.9 Å². The van der Waals surface area contributed by atoms with Crippen LogP contribution in [0, 0.1) is 5.41 Å². The van der Waals surface area contributed by atoms with Crippen LogP contribution in [-0.2, 0) is 14.8 Å². The highest BCUT2D eigenvalue weighted by Crippen LogP contribution is 2.19. The summed E-state index contributed by atoms with van der Waals surface area (Å²) >= 11 is 0. The standard InChI is InChI=1S/C13H20N2O5S/c1-3-14-21(19,20)11-6-4-10(5-7-11)15-12(18)13(2,8-16)9-17/h4-7,14,16-17H,3,8-9H2,1-2H3,(H,15,18). The molecule has 0 aliphatic rings. The summed E-state index contributed by atoms with van der Waals surface area (Å²) in [6.45, 7) is 2.39. The molecule has 0 heterocycles. The Hall–Kier alpha value is -1.48. The summed E-state index contributed by atoms with van der Waals surface area (Å²) in [4.78, 5) is 12.0. The first-order valence-electron chi connectivity index (χ1n) is 6.42. The molecule has 118 valence electrons. The van der Waals surface area contributed by atoms with Crippen molar-refractivity contribution in [2.75, 3.05) is 25.1 Å². The van der Waals surface area contributed by atoms with Gasteiger partial charge in [-0.05, 0) is 31.2 Å². The minimum Gasteiger partial charge on any atom is -0.395 e. The summed E-state index contributed by atoms with van der Waals surface area (Å²) in [7, 11) is -3.54. The molecule has 21 heavy (non-hydrogen) atoms. The van der Waals surface area contributed by atoms with E-state index in [1.165, 1.54) is 31.2 Å². The second kappa shape index (κ2) is 6.99. The molecule has 0 bridgehead atoms. The minimum atomic E-state index is -3.54. The Morgan fingerprint density at radius 2 is 1.71 bits per heavy atom. The average Bonchev–Trinajstić information content (AvgIpc) is 2.46. The number of hydrogen-bond acceptors (Lipinski definition) is 5. The lowest BCUT2D eigenvalue weighted by molar-refractivity contribution is -0.129. The van der Waals surface area contributed by atoms with Crippen molar-refractivity contribution >= 4 is 21.6 Å². The van der Waals surface area contributed by atoms with Crippen LogP contribution in [0.4, 0.5) is 5.69 Å². The predicted octanol–water partition coefficient (Wildman–Crippen LogP) is -0.0858. The summed E-state index contributed by atoms with van der Waals surface area (Å²) in [5.41, 5.74) is -0.919. The van der Waals surface area contributed by atoms with Crippen LogP contribution in [0.5, 0.6) is 0 Å². The SMILES string of the molecule is CCNS(=O)(=O)c1ccc(NC(=O)C(C)(CO)CO)cc1. The summed E-state index contributed by atoms with van der Waals surface area (Å²) < 4.78 is 25.9. The van der Waals surface area contributed by atoms with Crippen LogP contribution in [0.25, 0.3) is 0 Å². The lowest BCUT2D eigenvalue weighted by Gasteiger charge is -2.23. The lowest BCUT2D eigenvalue weighted by atomic mass is 9.92. The van der Waals surface area contributed by atoms with Crippen LogP contribution in [0.3, 0.4) is 0 Å². The molecule has 1 aromatic carbocycles. The quantitative estimate of drug-likeness (QED) is 0.561. The van der Waals surface area contributed by atoms with Gasteiger partial charge in [-0.2, -0.15) is 0 Å². The van der Waals surface area contributed by atoms with Gasteiger partial charge in [-0.15, -0.1) is 0 Å². The second-order valence-electron chi connectivity index (χ2n) is 4.86. The smallest absolute Gasteiger partial charge is 0.240 e. The highest BCUT2D eigenvalue weighted by atomic mass is 32.2. The van der Waals surface area contributed by atoms with Gasteiger partial charge in [0.25, 0.3) is 0 Å². The number of carbonyl (C=O) groups excluding carboxylic acids is 1. The normalized spacial score (nSPS) is 12.2. The molecule has 0 aliphatic carbocycles. The molecule has 0 atom stereocenters. The molecule has 0 radical (unpaired) electrons. The number of amides is 1. The molecule has 0 aliphatic heterocycles. The van der Waals surface area contributed by atoms with Crippen molar-refractivity contribution in [1.82, 2.24) is 4.72 Å². The summed E-state index contributed by atoms with van der Waals surface area (Å²) in [5, 5.41) is 20.8. The number of hydrogen-bond donors (Lipinski definition) is 4. The highest BCUT2D eigenvalue weighted by Gasteiger charge is 2.31. The van der Waals surface area contributed by atoms with E-state index in [4.69, 9.17) is 10.2 Å². The molecule has 8 heteroatoms. The van der Waals surface area contributed by atoms with Crippen LogP contribution < -0.4 is 10.0 Å². The van der Waals surface area contributed by atoms with Gasteiger partial charge in [0.05, 0.1) is 23.5 Å². The number of aliphatic hydroxyl groups excluding tert-OH is 2. The largest absolute Gasteiger partial charge is 0.395 e. The summed E-state index contributed by atoms with van der Waals surface area (Å²) in [6.07, 6.45) is 0. The monoisotopic (exact) mass is 316 g/mol. The molecular weight excluding hydrogens is 296 g/mol. The first kappa shape index (κ1) is 17.6. The van der Waals surface area contributed by atoms with Gasteiger partial charge in [0.1, 0.15) is 0 Å². The molecule has 0 saturated heterocycles. The van der Waals surface area contributed by atoms with Crippen molar-refractivity contribution in [3.8, 4) is 0 Å². The first-order chi connectivity index (χ1) is 9.79. The number of rotatable bonds is 7. The molecule has 1 amide bonds. The third-order valence-electron chi connectivity index (χ3n) is 3.00. The van der Waals surface area contributed by atoms with E-state index >= 15 is 0 Å². The van der Waals surface area contributed by atoms with Gasteiger partial charge in [0.15, 0.2) is 0 Å². The number of nitrogens with one attached hydrogen (secondary N) is 2. The van der Waals surface area contributed by atoms with Gasteiger partial charge in [-0.3, -0.25) is 4.79 Å². The summed E-state index contributed by atoms with van der Waals surface area (Å²) in [6, 6.07) is 5.61. The van der Waals surface area contributed by atoms with Crippen molar-refractivity contribution in [3.05, 3.63) is 24.3 Å². The fourth-order valence-electron chi connectivity index (χ4n) is 1.47. The number of aliphatic hydroxyl groups is 2. The fraction of sp³-hybridized carbons (Fsp3) is 0.462. The maximum atomic E-state index is 11.9. The Labute approximate surface area is 124 Å². The Bertz CT molecular complexity index is 579. The molecular formula is C13H20N2O5S. The van der Waals surface area contributed by atoms with Crippen molar-refractivity contribution < 1.29 is 23.4 Å². The molecule has 0 unspecified atom stereocenters. The van der Waals surface area contributed by atoms with Gasteiger partial charge >= 0.3 is 0 Å². The van der Waals surface area contributed by atoms with Crippen LogP contribution >= 0.6 is 0 Å². The molecule has 1 aromatic rings. The van der Waals surface area contributed by atoms with Crippen molar-refractivity contribution in [2.45, 2.75) is 18.7 Å². The van der Waals surface area contributed by atoms with Gasteiger partial charge < -0.3 is 15.5 Å². The zero-order chi connectivity index (χ0) is 16.1. The molecule has 0 saturated carbocycles. The van der Waals surface area contributed by atoms with Crippen molar-refractivity contribution in [2.24, 2.45) is 5.41 Å². The van der Waals surface area contributed by atoms with E-state index in [1.54, 1.807) is 6.92 Å². The van der Waals surface area contributed by atoms with Gasteiger partial charge in [-0.25, -0.2) is 13.1 Å². The highest BCUT2D eigenvalue weighted by molar-refractivity contribution is 7.89. The number of anilines is 1. The molecule has 0 fully saturated rings. The minimum absolute atomic E-state index is 0.0921. The Morgan fingerprint density at radius 1 is 1.19 bits per heavy atom. The Balaban J connectivity index is 2.87. The average molecular weight is 316 g/mol. The van der Waals surface area contributed by atoms with Crippen LogP contribution in [-0.4, -0.2) is 44.3 Å².